The molecular formula is C22H28N4O4S. The molecule has 3 saturated heterocycles. The van der Waals surface area contributed by atoms with Crippen LogP contribution in [0.15, 0.2) is 41.8 Å². The standard InChI is InChI=1S/C22H28N4O4S/c1-3-9-30-16-12-19-20(27)25-8-7-15(11-18(25)21(28)26(19)13-16)24-22(29)23-14-5-4-6-17(10-14)31-2/h3-6,10,15-16,18-19H,1,7-9,11-13H2,2H3,(H2,23,24,29)/t15-,16+,18-,19-/m0/s1. The minimum Gasteiger partial charge on any atom is -0.372 e. The molecule has 1 aromatic rings. The van der Waals surface area contributed by atoms with E-state index >= 15 is 0 Å². The van der Waals surface area contributed by atoms with E-state index in [2.05, 4.69) is 17.2 Å². The molecule has 0 saturated carbocycles. The minimum absolute atomic E-state index is 0.00825. The van der Waals surface area contributed by atoms with Gasteiger partial charge in [-0.2, -0.15) is 0 Å². The molecule has 9 heteroatoms. The van der Waals surface area contributed by atoms with Gasteiger partial charge in [0.1, 0.15) is 12.1 Å². The quantitative estimate of drug-likeness (QED) is 0.518. The van der Waals surface area contributed by atoms with Gasteiger partial charge >= 0.3 is 6.03 Å². The van der Waals surface area contributed by atoms with Crippen molar-refractivity contribution in [1.82, 2.24) is 15.1 Å². The number of urea groups is 1. The normalized spacial score (nSPS) is 27.5. The lowest BCUT2D eigenvalue weighted by Crippen LogP contribution is -2.66. The molecule has 3 fully saturated rings. The third kappa shape index (κ3) is 4.57. The van der Waals surface area contributed by atoms with E-state index in [0.29, 0.717) is 39.0 Å². The molecule has 4 atom stereocenters. The van der Waals surface area contributed by atoms with Crippen LogP contribution in [0.3, 0.4) is 0 Å². The number of rotatable bonds is 6. The maximum Gasteiger partial charge on any atom is 0.319 e. The molecule has 3 aliphatic heterocycles. The van der Waals surface area contributed by atoms with Crippen LogP contribution in [-0.2, 0) is 14.3 Å². The van der Waals surface area contributed by atoms with Gasteiger partial charge in [-0.1, -0.05) is 12.1 Å². The zero-order valence-electron chi connectivity index (χ0n) is 17.6. The molecule has 0 aromatic heterocycles. The minimum atomic E-state index is -0.527. The highest BCUT2D eigenvalue weighted by molar-refractivity contribution is 7.98. The number of hydrogen-bond acceptors (Lipinski definition) is 5. The number of anilines is 1. The van der Waals surface area contributed by atoms with Crippen molar-refractivity contribution in [2.75, 3.05) is 31.3 Å². The molecule has 4 rings (SSSR count). The Morgan fingerprint density at radius 2 is 2.03 bits per heavy atom. The molecule has 31 heavy (non-hydrogen) atoms. The Morgan fingerprint density at radius 3 is 2.81 bits per heavy atom. The van der Waals surface area contributed by atoms with Crippen LogP contribution in [0, 0.1) is 0 Å². The van der Waals surface area contributed by atoms with Crippen LogP contribution in [0.4, 0.5) is 10.5 Å². The van der Waals surface area contributed by atoms with Gasteiger partial charge in [-0.15, -0.1) is 18.3 Å². The van der Waals surface area contributed by atoms with E-state index in [0.717, 1.165) is 10.6 Å². The fourth-order valence-corrected chi connectivity index (χ4v) is 5.09. The number of hydrogen-bond donors (Lipinski definition) is 2. The summed E-state index contributed by atoms with van der Waals surface area (Å²) in [5.74, 6) is -0.0556. The number of amides is 4. The van der Waals surface area contributed by atoms with Gasteiger partial charge in [-0.25, -0.2) is 4.79 Å². The third-order valence-corrected chi connectivity index (χ3v) is 6.84. The second kappa shape index (κ2) is 9.32. The van der Waals surface area contributed by atoms with Crippen LogP contribution in [-0.4, -0.2) is 77.8 Å². The molecule has 3 heterocycles. The van der Waals surface area contributed by atoms with Crippen molar-refractivity contribution in [3.8, 4) is 0 Å². The van der Waals surface area contributed by atoms with Crippen molar-refractivity contribution in [2.24, 2.45) is 0 Å². The summed E-state index contributed by atoms with van der Waals surface area (Å²) in [7, 11) is 0. The Balaban J connectivity index is 1.36. The van der Waals surface area contributed by atoms with Crippen molar-refractivity contribution < 1.29 is 19.1 Å². The van der Waals surface area contributed by atoms with E-state index in [1.165, 1.54) is 0 Å². The average Bonchev–Trinajstić information content (AvgIpc) is 3.21. The number of fused-ring (bicyclic) bond motifs is 2. The Hall–Kier alpha value is -2.52. The van der Waals surface area contributed by atoms with Crippen LogP contribution in [0.25, 0.3) is 0 Å². The van der Waals surface area contributed by atoms with Crippen LogP contribution < -0.4 is 10.6 Å². The van der Waals surface area contributed by atoms with Crippen molar-refractivity contribution in [3.05, 3.63) is 36.9 Å². The van der Waals surface area contributed by atoms with Crippen molar-refractivity contribution >= 4 is 35.3 Å². The Labute approximate surface area is 186 Å². The number of nitrogens with one attached hydrogen (secondary N) is 2. The summed E-state index contributed by atoms with van der Waals surface area (Å²) in [6.07, 6.45) is 5.08. The van der Waals surface area contributed by atoms with E-state index in [1.54, 1.807) is 27.6 Å². The van der Waals surface area contributed by atoms with Gasteiger partial charge in [0.05, 0.1) is 12.7 Å². The van der Waals surface area contributed by atoms with Crippen molar-refractivity contribution in [1.29, 1.82) is 0 Å². The summed E-state index contributed by atoms with van der Waals surface area (Å²) in [5.41, 5.74) is 0.719. The predicted molar refractivity (Wildman–Crippen MR) is 119 cm³/mol. The van der Waals surface area contributed by atoms with E-state index in [4.69, 9.17) is 4.74 Å². The highest BCUT2D eigenvalue weighted by Gasteiger charge is 2.52. The molecule has 0 spiro atoms. The SMILES string of the molecule is C=CCO[C@@H]1C[C@H]2C(=O)N3CC[C@H](NC(=O)Nc4cccc(SC)c4)C[C@H]3C(=O)N2C1. The number of ether oxygens (including phenoxy) is 1. The van der Waals surface area contributed by atoms with E-state index in [1.807, 2.05) is 30.5 Å². The topological polar surface area (TPSA) is 91.0 Å². The first kappa shape index (κ1) is 21.7. The maximum absolute atomic E-state index is 13.1. The Morgan fingerprint density at radius 1 is 1.26 bits per heavy atom. The van der Waals surface area contributed by atoms with Gasteiger partial charge in [0.15, 0.2) is 0 Å². The zero-order valence-corrected chi connectivity index (χ0v) is 18.4. The summed E-state index contributed by atoms with van der Waals surface area (Å²) in [4.78, 5) is 43.0. The molecule has 2 N–H and O–H groups in total. The number of carbonyl (C=O) groups excluding carboxylic acids is 3. The van der Waals surface area contributed by atoms with Crippen LogP contribution in [0.5, 0.6) is 0 Å². The van der Waals surface area contributed by atoms with Gasteiger partial charge in [0.2, 0.25) is 11.8 Å². The molecule has 4 amide bonds. The summed E-state index contributed by atoms with van der Waals surface area (Å²) in [6, 6.07) is 6.18. The van der Waals surface area contributed by atoms with E-state index < -0.39 is 12.1 Å². The van der Waals surface area contributed by atoms with Crippen LogP contribution in [0.1, 0.15) is 19.3 Å². The molecular weight excluding hydrogens is 416 g/mol. The lowest BCUT2D eigenvalue weighted by Gasteiger charge is -2.46. The van der Waals surface area contributed by atoms with Gasteiger partial charge in [-0.05, 0) is 37.3 Å². The molecule has 8 nitrogen and oxygen atoms in total. The first-order valence-corrected chi connectivity index (χ1v) is 11.8. The highest BCUT2D eigenvalue weighted by Crippen LogP contribution is 2.32. The lowest BCUT2D eigenvalue weighted by atomic mass is 9.92. The molecule has 1 aromatic carbocycles. The zero-order chi connectivity index (χ0) is 22.0. The van der Waals surface area contributed by atoms with Gasteiger partial charge in [0.25, 0.3) is 0 Å². The fraction of sp³-hybridized carbons (Fsp3) is 0.500. The lowest BCUT2D eigenvalue weighted by molar-refractivity contribution is -0.161. The molecule has 0 unspecified atom stereocenters. The Kier molecular flexibility index (Phi) is 6.52. The molecule has 3 aliphatic rings. The van der Waals surface area contributed by atoms with Crippen molar-refractivity contribution in [2.45, 2.75) is 48.4 Å². The maximum atomic E-state index is 13.1. The summed E-state index contributed by atoms with van der Waals surface area (Å²) in [5, 5.41) is 5.82. The van der Waals surface area contributed by atoms with Crippen LogP contribution >= 0.6 is 11.8 Å². The fourth-order valence-electron chi connectivity index (χ4n) is 4.63. The first-order valence-electron chi connectivity index (χ1n) is 10.5. The average molecular weight is 445 g/mol. The highest BCUT2D eigenvalue weighted by atomic mass is 32.2. The molecule has 166 valence electrons. The van der Waals surface area contributed by atoms with Crippen LogP contribution in [0.2, 0.25) is 0 Å². The van der Waals surface area contributed by atoms with E-state index in [9.17, 15) is 14.4 Å². The van der Waals surface area contributed by atoms with Crippen molar-refractivity contribution in [3.63, 3.8) is 0 Å². The molecule has 0 aliphatic carbocycles. The summed E-state index contributed by atoms with van der Waals surface area (Å²) >= 11 is 1.61. The second-order valence-electron chi connectivity index (χ2n) is 8.09. The number of piperazine rings is 1. The number of nitrogens with zero attached hydrogens (tertiary/aromatic N) is 2. The number of carbonyl (C=O) groups is 3. The smallest absolute Gasteiger partial charge is 0.319 e. The summed E-state index contributed by atoms with van der Waals surface area (Å²) in [6.45, 7) is 4.94. The number of piperidine rings is 1. The van der Waals surface area contributed by atoms with Gasteiger partial charge in [-0.3, -0.25) is 9.59 Å². The second-order valence-corrected chi connectivity index (χ2v) is 8.96. The first-order chi connectivity index (χ1) is 15.0. The number of thioether (sulfide) groups is 1. The predicted octanol–water partition coefficient (Wildman–Crippen LogP) is 2.08. The third-order valence-electron chi connectivity index (χ3n) is 6.11. The van der Waals surface area contributed by atoms with Gasteiger partial charge in [0, 0.05) is 36.1 Å². The Bertz CT molecular complexity index is 879. The van der Waals surface area contributed by atoms with Gasteiger partial charge < -0.3 is 25.2 Å². The molecule has 0 radical (unpaired) electrons. The summed E-state index contributed by atoms with van der Waals surface area (Å²) < 4.78 is 5.69. The van der Waals surface area contributed by atoms with E-state index in [-0.39, 0.29) is 30.0 Å². The largest absolute Gasteiger partial charge is 0.372 e. The number of benzene rings is 1. The molecule has 0 bridgehead atoms. The monoisotopic (exact) mass is 444 g/mol.